The maximum Gasteiger partial charge on any atom is 0.227 e. The largest absolute Gasteiger partial charge is 0.456 e. The molecule has 0 spiro atoms. The van der Waals surface area contributed by atoms with E-state index >= 15 is 0 Å². The average Bonchev–Trinajstić information content (AvgIpc) is 4.00. The number of thiophene rings is 1. The molecule has 0 atom stereocenters. The maximum absolute atomic E-state index is 6.35. The number of hydrogen-bond donors (Lipinski definition) is 0. The molecule has 12 rings (SSSR count). The first-order valence-electron chi connectivity index (χ1n) is 19.4. The Hall–Kier alpha value is -6.95. The minimum absolute atomic E-state index is 0.105. The van der Waals surface area contributed by atoms with Crippen molar-refractivity contribution in [3.05, 3.63) is 181 Å². The van der Waals surface area contributed by atoms with E-state index in [4.69, 9.17) is 13.8 Å². The summed E-state index contributed by atoms with van der Waals surface area (Å²) in [5.41, 5.74) is 15.0. The number of benzene rings is 8. The first-order valence-corrected chi connectivity index (χ1v) is 20.2. The van der Waals surface area contributed by atoms with Crippen LogP contribution in [0.2, 0.25) is 0 Å². The first kappa shape index (κ1) is 32.3. The van der Waals surface area contributed by atoms with Gasteiger partial charge < -0.3 is 13.7 Å². The van der Waals surface area contributed by atoms with Crippen LogP contribution in [0.4, 0.5) is 17.1 Å². The highest BCUT2D eigenvalue weighted by atomic mass is 32.1. The van der Waals surface area contributed by atoms with Crippen molar-refractivity contribution in [3.63, 3.8) is 0 Å². The number of furan rings is 1. The van der Waals surface area contributed by atoms with Gasteiger partial charge in [-0.15, -0.1) is 11.3 Å². The standard InChI is InChI=1S/C52H34N2O2S/c1-52(2)41-15-8-6-14-38(41)50-42(52)16-10-17-44(50)54(35-24-25-37-36-13-7-9-18-48(36)57-49(37)28-35)34-22-19-31(20-23-34)33-21-26-45-39(27-33)40-29-47-43(30-46(40)55-45)53-51(56-47)32-11-4-3-5-12-32/h3-30H,1-2H3. The number of anilines is 3. The van der Waals surface area contributed by atoms with Crippen LogP contribution in [0.1, 0.15) is 25.0 Å². The van der Waals surface area contributed by atoms with Crippen molar-refractivity contribution in [2.75, 3.05) is 4.90 Å². The molecule has 0 radical (unpaired) electrons. The lowest BCUT2D eigenvalue weighted by Crippen LogP contribution is -2.16. The van der Waals surface area contributed by atoms with Crippen LogP contribution in [0.15, 0.2) is 179 Å². The molecular weight excluding hydrogens is 717 g/mol. The fourth-order valence-corrected chi connectivity index (χ4v) is 10.2. The molecule has 270 valence electrons. The van der Waals surface area contributed by atoms with Gasteiger partial charge in [0.1, 0.15) is 16.7 Å². The van der Waals surface area contributed by atoms with Crippen LogP contribution in [-0.4, -0.2) is 4.98 Å². The number of aromatic nitrogens is 1. The number of hydrogen-bond acceptors (Lipinski definition) is 5. The van der Waals surface area contributed by atoms with Crippen molar-refractivity contribution in [3.8, 4) is 33.7 Å². The van der Waals surface area contributed by atoms with Gasteiger partial charge in [-0.2, -0.15) is 0 Å². The Morgan fingerprint density at radius 3 is 2.12 bits per heavy atom. The normalized spacial score (nSPS) is 13.2. The smallest absolute Gasteiger partial charge is 0.227 e. The third kappa shape index (κ3) is 4.89. The van der Waals surface area contributed by atoms with Crippen molar-refractivity contribution in [2.45, 2.75) is 19.3 Å². The molecular formula is C52H34N2O2S. The van der Waals surface area contributed by atoms with Gasteiger partial charge in [0.25, 0.3) is 0 Å². The SMILES string of the molecule is CC1(C)c2ccccc2-c2c(N(c3ccc(-c4ccc5oc6cc7nc(-c8ccccc8)oc7cc6c5c4)cc3)c3ccc4c(c3)sc3ccccc34)cccc21. The van der Waals surface area contributed by atoms with Crippen molar-refractivity contribution in [1.29, 1.82) is 0 Å². The molecule has 0 saturated heterocycles. The Balaban J connectivity index is 0.984. The lowest BCUT2D eigenvalue weighted by Gasteiger charge is -2.29. The van der Waals surface area contributed by atoms with Crippen LogP contribution in [0, 0.1) is 0 Å². The fourth-order valence-electron chi connectivity index (χ4n) is 9.09. The van der Waals surface area contributed by atoms with Gasteiger partial charge in [0.05, 0.1) is 5.69 Å². The summed E-state index contributed by atoms with van der Waals surface area (Å²) < 4.78 is 15.2. The van der Waals surface area contributed by atoms with Crippen LogP contribution in [0.3, 0.4) is 0 Å². The predicted octanol–water partition coefficient (Wildman–Crippen LogP) is 15.2. The molecule has 0 aliphatic heterocycles. The van der Waals surface area contributed by atoms with Gasteiger partial charge in [-0.25, -0.2) is 4.98 Å². The van der Waals surface area contributed by atoms with Gasteiger partial charge in [-0.05, 0) is 94.5 Å². The van der Waals surface area contributed by atoms with E-state index in [9.17, 15) is 0 Å². The van der Waals surface area contributed by atoms with Crippen LogP contribution >= 0.6 is 11.3 Å². The summed E-state index contributed by atoms with van der Waals surface area (Å²) in [6.07, 6.45) is 0. The second-order valence-electron chi connectivity index (χ2n) is 15.5. The van der Waals surface area contributed by atoms with Crippen LogP contribution in [0.25, 0.3) is 86.9 Å². The molecule has 3 heterocycles. The summed E-state index contributed by atoms with van der Waals surface area (Å²) in [5.74, 6) is 0.606. The van der Waals surface area contributed by atoms with Gasteiger partial charge in [-0.1, -0.05) is 111 Å². The zero-order valence-electron chi connectivity index (χ0n) is 31.3. The van der Waals surface area contributed by atoms with E-state index in [1.165, 1.54) is 48.1 Å². The monoisotopic (exact) mass is 750 g/mol. The summed E-state index contributed by atoms with van der Waals surface area (Å²) in [4.78, 5) is 7.21. The number of fused-ring (bicyclic) bond motifs is 10. The minimum atomic E-state index is -0.105. The highest BCUT2D eigenvalue weighted by molar-refractivity contribution is 7.25. The van der Waals surface area contributed by atoms with Crippen molar-refractivity contribution in [1.82, 2.24) is 4.98 Å². The van der Waals surface area contributed by atoms with Crippen molar-refractivity contribution < 1.29 is 8.83 Å². The quantitative estimate of drug-likeness (QED) is 0.176. The molecule has 0 bridgehead atoms. The summed E-state index contributed by atoms with van der Waals surface area (Å²) in [7, 11) is 0. The zero-order valence-corrected chi connectivity index (χ0v) is 32.1. The van der Waals surface area contributed by atoms with E-state index in [2.05, 4.69) is 152 Å². The van der Waals surface area contributed by atoms with E-state index in [1.54, 1.807) is 0 Å². The first-order chi connectivity index (χ1) is 28.0. The third-order valence-electron chi connectivity index (χ3n) is 11.9. The highest BCUT2D eigenvalue weighted by Gasteiger charge is 2.37. The summed E-state index contributed by atoms with van der Waals surface area (Å²) in [6.45, 7) is 4.69. The molecule has 0 amide bonds. The van der Waals surface area contributed by atoms with Crippen LogP contribution in [0.5, 0.6) is 0 Å². The van der Waals surface area contributed by atoms with Crippen molar-refractivity contribution in [2.24, 2.45) is 0 Å². The maximum atomic E-state index is 6.35. The molecule has 1 aliphatic rings. The second kappa shape index (κ2) is 12.0. The molecule has 5 heteroatoms. The van der Waals surface area contributed by atoms with Gasteiger partial charge in [0, 0.05) is 64.9 Å². The van der Waals surface area contributed by atoms with Crippen LogP contribution < -0.4 is 4.90 Å². The average molecular weight is 751 g/mol. The van der Waals surface area contributed by atoms with E-state index in [1.807, 2.05) is 47.7 Å². The molecule has 1 aliphatic carbocycles. The Morgan fingerprint density at radius 1 is 0.491 bits per heavy atom. The Labute approximate surface area is 332 Å². The number of oxazole rings is 1. The van der Waals surface area contributed by atoms with E-state index in [-0.39, 0.29) is 5.41 Å². The lowest BCUT2D eigenvalue weighted by molar-refractivity contribution is 0.620. The molecule has 57 heavy (non-hydrogen) atoms. The molecule has 0 unspecified atom stereocenters. The lowest BCUT2D eigenvalue weighted by atomic mass is 9.82. The van der Waals surface area contributed by atoms with Gasteiger partial charge in [0.15, 0.2) is 5.58 Å². The molecule has 3 aromatic heterocycles. The summed E-state index contributed by atoms with van der Waals surface area (Å²) in [5, 5.41) is 4.66. The Kier molecular flexibility index (Phi) is 6.82. The van der Waals surface area contributed by atoms with E-state index < -0.39 is 0 Å². The topological polar surface area (TPSA) is 42.4 Å². The van der Waals surface area contributed by atoms with Crippen LogP contribution in [-0.2, 0) is 5.41 Å². The van der Waals surface area contributed by atoms with Gasteiger partial charge >= 0.3 is 0 Å². The molecule has 0 N–H and O–H groups in total. The fraction of sp³-hybridized carbons (Fsp3) is 0.0577. The predicted molar refractivity (Wildman–Crippen MR) is 237 cm³/mol. The Morgan fingerprint density at radius 2 is 1.23 bits per heavy atom. The second-order valence-corrected chi connectivity index (χ2v) is 16.6. The summed E-state index contributed by atoms with van der Waals surface area (Å²) >= 11 is 1.86. The highest BCUT2D eigenvalue weighted by Crippen LogP contribution is 2.54. The number of nitrogens with zero attached hydrogens (tertiary/aromatic N) is 2. The minimum Gasteiger partial charge on any atom is -0.456 e. The van der Waals surface area contributed by atoms with E-state index in [0.29, 0.717) is 5.89 Å². The van der Waals surface area contributed by atoms with Gasteiger partial charge in [0.2, 0.25) is 5.89 Å². The number of rotatable bonds is 5. The zero-order chi connectivity index (χ0) is 37.8. The third-order valence-corrected chi connectivity index (χ3v) is 13.0. The molecule has 4 nitrogen and oxygen atoms in total. The molecule has 0 fully saturated rings. The molecule has 0 saturated carbocycles. The summed E-state index contributed by atoms with van der Waals surface area (Å²) in [6, 6.07) is 60.9. The Bertz CT molecular complexity index is 3390. The molecule has 11 aromatic rings. The molecule has 8 aromatic carbocycles. The van der Waals surface area contributed by atoms with E-state index in [0.717, 1.165) is 61.1 Å². The van der Waals surface area contributed by atoms with Crippen molar-refractivity contribution >= 4 is 81.6 Å². The van der Waals surface area contributed by atoms with Gasteiger partial charge in [-0.3, -0.25) is 0 Å².